The Hall–Kier alpha value is -11.8. The Bertz CT molecular complexity index is 5380. The van der Waals surface area contributed by atoms with Crippen molar-refractivity contribution in [1.29, 1.82) is 0 Å². The Labute approximate surface area is 673 Å². The topological polar surface area (TPSA) is 209 Å². The molecule has 0 aliphatic carbocycles. The quantitative estimate of drug-likeness (QED) is 0.0766. The summed E-state index contributed by atoms with van der Waals surface area (Å²) in [5, 5.41) is 10.7. The van der Waals surface area contributed by atoms with E-state index in [1.54, 1.807) is 97.3 Å². The molecule has 0 fully saturated rings. The first-order valence-corrected chi connectivity index (χ1v) is 39.1. The molecule has 10 aromatic rings. The Morgan fingerprint density at radius 2 is 0.730 bits per heavy atom. The number of amides is 4. The number of nitrogens with zero attached hydrogens (tertiary/aromatic N) is 6. The number of fused-ring (bicyclic) bond motifs is 6. The second-order valence-electron chi connectivity index (χ2n) is 30.1. The molecule has 0 unspecified atom stereocenters. The van der Waals surface area contributed by atoms with Gasteiger partial charge in [-0.1, -0.05) is 60.7 Å². The highest BCUT2D eigenvalue weighted by molar-refractivity contribution is 6.27. The minimum Gasteiger partial charge on any atom is -0.504 e. The van der Waals surface area contributed by atoms with E-state index in [1.807, 2.05) is 54.6 Å². The highest BCUT2D eigenvalue weighted by Gasteiger charge is 2.41. The van der Waals surface area contributed by atoms with Crippen molar-refractivity contribution in [2.24, 2.45) is 0 Å². The minimum atomic E-state index is -0.387. The van der Waals surface area contributed by atoms with E-state index in [0.717, 1.165) is 113 Å². The maximum Gasteiger partial charge on any atom is 0.264 e. The second-order valence-corrected chi connectivity index (χ2v) is 30.3. The maximum absolute atomic E-state index is 13.2. The highest BCUT2D eigenvalue weighted by atomic mass is 35.5. The molecule has 10 aromatic carbocycles. The number of imide groups is 2. The number of carbonyl (C=O) groups is 4. The summed E-state index contributed by atoms with van der Waals surface area (Å²) in [7, 11) is 18.6. The first-order chi connectivity index (χ1) is 55.8. The third kappa shape index (κ3) is 14.8. The van der Waals surface area contributed by atoms with Gasteiger partial charge in [0.1, 0.15) is 17.5 Å². The summed E-state index contributed by atoms with van der Waals surface area (Å²) >= 11 is 5.47. The third-order valence-electron chi connectivity index (χ3n) is 23.5. The molecule has 23 heteroatoms. The van der Waals surface area contributed by atoms with E-state index in [0.29, 0.717) is 121 Å². The van der Waals surface area contributed by atoms with Gasteiger partial charge in [-0.3, -0.25) is 43.7 Å². The van der Waals surface area contributed by atoms with Crippen LogP contribution in [0.1, 0.15) is 132 Å². The number of alkyl halides is 1. The molecule has 0 spiro atoms. The standard InChI is InChI=1S/C46H45N3O8.C37H40N2O6.C9H6ClNO2/c1-47-18-16-29-23-38(52-3)40-25-34(29)35(47)20-27-10-13-31(14-11-27)56-39-22-28(12-15-37(39)55-26-49-45(50)32-8-6-7-9-33(32)46(49)51)21-36-42-30(17-19-48(36)2)24-41(53-4)43(54-5)44(42)57-40;1-38-14-12-24-19-32(41-3)33-21-27(24)28(38)16-22-6-9-26(10-7-22)44-31-18-23(8-11-30(31)40)17-29-35-25(13-15-39(29)2)20-34(42-4)36(43-5)37(35)45-33;10-5-11-8(12)6-3-1-2-4-7(6)9(11)13/h6-15,22-25,35-36H,16-21,26H2,1-5H3;6-11,18-21,28-29,40H,12-17H2,1-5H3;1-4H,5H2/t35-,36+;28-,29+;/m00./s1. The van der Waals surface area contributed by atoms with Crippen LogP contribution in [0.4, 0.5) is 0 Å². The smallest absolute Gasteiger partial charge is 0.264 e. The zero-order chi connectivity index (χ0) is 80.0. The molecule has 0 saturated carbocycles. The molecule has 592 valence electrons. The molecular formula is C92H91ClN6O16. The van der Waals surface area contributed by atoms with E-state index in [4.69, 9.17) is 63.7 Å². The van der Waals surface area contributed by atoms with Gasteiger partial charge < -0.3 is 57.2 Å². The van der Waals surface area contributed by atoms with E-state index in [2.05, 4.69) is 108 Å². The number of ether oxygens (including phenoxy) is 11. The van der Waals surface area contributed by atoms with E-state index in [-0.39, 0.29) is 66.3 Å². The van der Waals surface area contributed by atoms with Crippen molar-refractivity contribution in [3.63, 3.8) is 0 Å². The fourth-order valence-corrected chi connectivity index (χ4v) is 17.4. The summed E-state index contributed by atoms with van der Waals surface area (Å²) < 4.78 is 69.0. The molecule has 10 heterocycles. The SMILES string of the molecule is COc1cc2c3cc1Oc1c(OC)c(OC)cc4c1[C@@H](Cc1ccc(O)c(c1)Oc1ccc(cc1)C[C@@H]3N(C)CC2)N(C)CC4.COc1cc2c3cc1Oc1c(OC)c(OC)cc4c1[C@@H](Cc1ccc(OCN5C(=O)c6ccccc6C5=O)c(c1)Oc1ccc(cc1)C[C@@H]3N(C)CC2)N(C)CC4.O=C1c2ccccc2C(=O)N1CCl. The van der Waals surface area contributed by atoms with Crippen LogP contribution in [-0.2, 0) is 51.4 Å². The number of carbonyl (C=O) groups excluding carboxylic acids is 4. The Balaban J connectivity index is 0.000000152. The monoisotopic (exact) mass is 1570 g/mol. The average molecular weight is 1570 g/mol. The number of halogens is 1. The minimum absolute atomic E-state index is 0.0402. The largest absolute Gasteiger partial charge is 0.504 e. The molecule has 20 rings (SSSR count). The molecule has 12 bridgehead atoms. The Morgan fingerprint density at radius 1 is 0.374 bits per heavy atom. The molecule has 115 heavy (non-hydrogen) atoms. The van der Waals surface area contributed by atoms with Crippen LogP contribution >= 0.6 is 11.6 Å². The first kappa shape index (κ1) is 77.2. The fourth-order valence-electron chi connectivity index (χ4n) is 17.2. The number of phenols is 1. The van der Waals surface area contributed by atoms with Gasteiger partial charge in [0.15, 0.2) is 75.7 Å². The second kappa shape index (κ2) is 32.6. The lowest BCUT2D eigenvalue weighted by Gasteiger charge is -2.37. The van der Waals surface area contributed by atoms with E-state index >= 15 is 0 Å². The fraction of sp³-hybridized carbons (Fsp3) is 0.304. The lowest BCUT2D eigenvalue weighted by Crippen LogP contribution is -2.34. The zero-order valence-electron chi connectivity index (χ0n) is 66.0. The molecule has 4 atom stereocenters. The number of methoxy groups -OCH3 is 6. The van der Waals surface area contributed by atoms with Crippen LogP contribution in [0.5, 0.6) is 92.0 Å². The maximum atomic E-state index is 13.2. The Morgan fingerprint density at radius 3 is 1.15 bits per heavy atom. The van der Waals surface area contributed by atoms with Crippen molar-refractivity contribution in [3.8, 4) is 92.0 Å². The van der Waals surface area contributed by atoms with Crippen LogP contribution in [-0.4, -0.2) is 168 Å². The van der Waals surface area contributed by atoms with Crippen LogP contribution in [0.2, 0.25) is 0 Å². The molecule has 0 radical (unpaired) electrons. The highest BCUT2D eigenvalue weighted by Crippen LogP contribution is 2.55. The van der Waals surface area contributed by atoms with Crippen LogP contribution in [0.15, 0.2) is 170 Å². The Kier molecular flexibility index (Phi) is 21.9. The van der Waals surface area contributed by atoms with Gasteiger partial charge >= 0.3 is 0 Å². The number of aromatic hydroxyl groups is 1. The van der Waals surface area contributed by atoms with Crippen LogP contribution in [0.25, 0.3) is 0 Å². The third-order valence-corrected chi connectivity index (χ3v) is 23.7. The lowest BCUT2D eigenvalue weighted by molar-refractivity contribution is 0.0517. The van der Waals surface area contributed by atoms with E-state index in [1.165, 1.54) is 27.8 Å². The first-order valence-electron chi connectivity index (χ1n) is 38.6. The normalized spacial score (nSPS) is 18.6. The van der Waals surface area contributed by atoms with Crippen molar-refractivity contribution in [2.75, 3.05) is 110 Å². The number of likely N-dealkylation sites (N-methyl/N-ethyl adjacent to an activating group) is 4. The molecule has 1 N–H and O–H groups in total. The molecule has 4 amide bonds. The summed E-state index contributed by atoms with van der Waals surface area (Å²) in [5.41, 5.74) is 15.2. The van der Waals surface area contributed by atoms with Gasteiger partial charge in [0.2, 0.25) is 11.5 Å². The molecule has 0 saturated heterocycles. The van der Waals surface area contributed by atoms with Gasteiger partial charge in [-0.05, 0) is 244 Å². The summed E-state index contributed by atoms with van der Waals surface area (Å²) in [6.07, 6.45) is 6.31. The van der Waals surface area contributed by atoms with Gasteiger partial charge in [-0.25, -0.2) is 4.90 Å². The predicted molar refractivity (Wildman–Crippen MR) is 434 cm³/mol. The molecular weight excluding hydrogens is 1480 g/mol. The molecule has 10 aliphatic rings. The lowest BCUT2D eigenvalue weighted by atomic mass is 9.87. The predicted octanol–water partition coefficient (Wildman–Crippen LogP) is 16.1. The number of hydrogen-bond acceptors (Lipinski definition) is 20. The van der Waals surface area contributed by atoms with Crippen molar-refractivity contribution in [3.05, 3.63) is 259 Å². The van der Waals surface area contributed by atoms with Crippen LogP contribution in [0, 0.1) is 0 Å². The number of phenolic OH excluding ortho intramolecular Hbond substituents is 1. The zero-order valence-corrected chi connectivity index (χ0v) is 66.8. The van der Waals surface area contributed by atoms with Gasteiger partial charge in [0.25, 0.3) is 23.6 Å². The molecule has 0 aromatic heterocycles. The number of hydrogen-bond donors (Lipinski definition) is 1. The van der Waals surface area contributed by atoms with Crippen molar-refractivity contribution in [2.45, 2.75) is 75.5 Å². The van der Waals surface area contributed by atoms with Gasteiger partial charge in [-0.2, -0.15) is 0 Å². The average Bonchev–Trinajstić information content (AvgIpc) is 1.68. The number of rotatable bonds is 10. The van der Waals surface area contributed by atoms with Crippen molar-refractivity contribution >= 4 is 35.2 Å². The molecule has 22 nitrogen and oxygen atoms in total. The summed E-state index contributed by atoms with van der Waals surface area (Å²) in [5.74, 6) is 7.48. The summed E-state index contributed by atoms with van der Waals surface area (Å²) in [4.78, 5) is 60.9. The van der Waals surface area contributed by atoms with Gasteiger partial charge in [0, 0.05) is 61.5 Å². The van der Waals surface area contributed by atoms with E-state index in [9.17, 15) is 24.3 Å². The van der Waals surface area contributed by atoms with Crippen LogP contribution in [0.3, 0.4) is 0 Å². The number of benzene rings is 10. The van der Waals surface area contributed by atoms with Gasteiger partial charge in [-0.15, -0.1) is 11.6 Å². The van der Waals surface area contributed by atoms with Crippen LogP contribution < -0.4 is 52.1 Å². The van der Waals surface area contributed by atoms with E-state index < -0.39 is 0 Å². The molecule has 10 aliphatic heterocycles. The summed E-state index contributed by atoms with van der Waals surface area (Å²) in [6, 6.07) is 53.9. The van der Waals surface area contributed by atoms with Crippen molar-refractivity contribution in [1.82, 2.24) is 29.4 Å². The summed E-state index contributed by atoms with van der Waals surface area (Å²) in [6.45, 7) is 3.29. The van der Waals surface area contributed by atoms with Crippen molar-refractivity contribution < 1.29 is 76.4 Å². The van der Waals surface area contributed by atoms with Gasteiger partial charge in [0.05, 0.1) is 64.9 Å².